The molecule has 9 nitrogen and oxygen atoms in total. The molecule has 0 spiro atoms. The molecular formula is C24H25N5O4S. The highest BCUT2D eigenvalue weighted by Gasteiger charge is 2.29. The van der Waals surface area contributed by atoms with Crippen LogP contribution in [-0.2, 0) is 14.8 Å². The van der Waals surface area contributed by atoms with E-state index in [-0.39, 0.29) is 16.8 Å². The van der Waals surface area contributed by atoms with Crippen LogP contribution in [0.5, 0.6) is 11.8 Å². The van der Waals surface area contributed by atoms with Crippen molar-refractivity contribution in [3.05, 3.63) is 72.1 Å². The number of hydrogen-bond donors (Lipinski definition) is 2. The van der Waals surface area contributed by atoms with Crippen LogP contribution in [0.1, 0.15) is 36.8 Å². The third kappa shape index (κ3) is 5.76. The number of amides is 1. The molecule has 2 heterocycles. The molecule has 1 aromatic heterocycles. The zero-order valence-corrected chi connectivity index (χ0v) is 19.5. The number of aromatic nitrogens is 2. The van der Waals surface area contributed by atoms with E-state index in [9.17, 15) is 13.2 Å². The highest BCUT2D eigenvalue weighted by atomic mass is 32.2. The summed E-state index contributed by atoms with van der Waals surface area (Å²) in [5.74, 6) is 0.914. The number of nitrogens with one attached hydrogen (secondary N) is 2. The zero-order valence-electron chi connectivity index (χ0n) is 18.7. The van der Waals surface area contributed by atoms with E-state index >= 15 is 0 Å². The average molecular weight is 480 g/mol. The first-order chi connectivity index (χ1) is 16.4. The van der Waals surface area contributed by atoms with Crippen molar-refractivity contribution in [1.29, 1.82) is 0 Å². The van der Waals surface area contributed by atoms with Crippen LogP contribution < -0.4 is 14.8 Å². The standard InChI is InChI=1S/C24H25N5O4S/c1-17-16-18(33-24-26-14-7-15-27-24)11-12-20(17)28-22(30)10-3-2-6-13-25-23-19-8-4-5-9-21(19)34(31,32)29-23/h4-5,7-9,11-12,14-16H,2-3,6,10,13H2,1H3,(H,25,29)(H,28,30). The van der Waals surface area contributed by atoms with Crippen LogP contribution in [0.25, 0.3) is 0 Å². The van der Waals surface area contributed by atoms with E-state index in [1.54, 1.807) is 54.9 Å². The molecule has 0 atom stereocenters. The first kappa shape index (κ1) is 23.4. The van der Waals surface area contributed by atoms with E-state index in [4.69, 9.17) is 4.74 Å². The summed E-state index contributed by atoms with van der Waals surface area (Å²) in [6.45, 7) is 2.38. The Bertz CT molecular complexity index is 1310. The number of ether oxygens (including phenoxy) is 1. The molecule has 1 aliphatic heterocycles. The Balaban J connectivity index is 1.20. The molecule has 0 unspecified atom stereocenters. The van der Waals surface area contributed by atoms with Gasteiger partial charge < -0.3 is 10.1 Å². The van der Waals surface area contributed by atoms with Gasteiger partial charge in [-0.25, -0.2) is 18.4 Å². The minimum atomic E-state index is -3.51. The molecule has 1 amide bonds. The van der Waals surface area contributed by atoms with Gasteiger partial charge in [-0.3, -0.25) is 14.5 Å². The number of sulfonamides is 1. The smallest absolute Gasteiger partial charge is 0.321 e. The number of fused-ring (bicyclic) bond motifs is 1. The summed E-state index contributed by atoms with van der Waals surface area (Å²) in [6, 6.07) is 14.1. The second kappa shape index (κ2) is 10.4. The number of carbonyl (C=O) groups is 1. The van der Waals surface area contributed by atoms with E-state index in [1.807, 2.05) is 13.0 Å². The molecule has 0 fully saturated rings. The lowest BCUT2D eigenvalue weighted by Crippen LogP contribution is -2.22. The van der Waals surface area contributed by atoms with E-state index in [0.29, 0.717) is 36.5 Å². The summed E-state index contributed by atoms with van der Waals surface area (Å²) >= 11 is 0. The van der Waals surface area contributed by atoms with Gasteiger partial charge in [-0.05, 0) is 61.7 Å². The number of hydrogen-bond acceptors (Lipinski definition) is 7. The topological polar surface area (TPSA) is 123 Å². The lowest BCUT2D eigenvalue weighted by molar-refractivity contribution is -0.116. The van der Waals surface area contributed by atoms with Gasteiger partial charge in [-0.2, -0.15) is 0 Å². The first-order valence-electron chi connectivity index (χ1n) is 10.9. The van der Waals surface area contributed by atoms with Crippen LogP contribution in [0, 0.1) is 6.92 Å². The fraction of sp³-hybridized carbons (Fsp3) is 0.250. The van der Waals surface area contributed by atoms with Crippen LogP contribution >= 0.6 is 0 Å². The molecule has 2 N–H and O–H groups in total. The molecule has 4 rings (SSSR count). The molecule has 0 saturated carbocycles. The lowest BCUT2D eigenvalue weighted by Gasteiger charge is -2.10. The molecule has 1 aliphatic rings. The number of aliphatic imine (C=N–C) groups is 1. The number of aryl methyl sites for hydroxylation is 1. The van der Waals surface area contributed by atoms with E-state index in [2.05, 4.69) is 25.0 Å². The third-order valence-corrected chi connectivity index (χ3v) is 6.61. The van der Waals surface area contributed by atoms with Gasteiger partial charge in [0.15, 0.2) is 0 Å². The predicted molar refractivity (Wildman–Crippen MR) is 129 cm³/mol. The largest absolute Gasteiger partial charge is 0.424 e. The average Bonchev–Trinajstić information content (AvgIpc) is 3.09. The number of rotatable bonds is 9. The molecular weight excluding hydrogens is 454 g/mol. The number of unbranched alkanes of at least 4 members (excludes halogenated alkanes) is 2. The van der Waals surface area contributed by atoms with E-state index in [1.165, 1.54) is 0 Å². The Morgan fingerprint density at radius 2 is 1.85 bits per heavy atom. The summed E-state index contributed by atoms with van der Waals surface area (Å²) in [6.07, 6.45) is 5.87. The quantitative estimate of drug-likeness (QED) is 0.450. The first-order valence-corrected chi connectivity index (χ1v) is 12.4. The summed E-state index contributed by atoms with van der Waals surface area (Å²) in [5.41, 5.74) is 2.20. The second-order valence-electron chi connectivity index (χ2n) is 7.80. The highest BCUT2D eigenvalue weighted by molar-refractivity contribution is 7.90. The number of anilines is 1. The maximum Gasteiger partial charge on any atom is 0.321 e. The summed E-state index contributed by atoms with van der Waals surface area (Å²) in [4.78, 5) is 25.0. The fourth-order valence-electron chi connectivity index (χ4n) is 3.51. The Morgan fingerprint density at radius 1 is 1.06 bits per heavy atom. The SMILES string of the molecule is Cc1cc(Oc2ncccn2)ccc1NC(=O)CCCCCN=C1NS(=O)(=O)c2ccccc21. The molecule has 34 heavy (non-hydrogen) atoms. The minimum absolute atomic E-state index is 0.0630. The highest BCUT2D eigenvalue weighted by Crippen LogP contribution is 2.25. The van der Waals surface area contributed by atoms with Gasteiger partial charge in [0.25, 0.3) is 10.0 Å². The zero-order chi connectivity index (χ0) is 24.0. The van der Waals surface area contributed by atoms with Crippen LogP contribution in [-0.4, -0.2) is 36.7 Å². The minimum Gasteiger partial charge on any atom is -0.424 e. The third-order valence-electron chi connectivity index (χ3n) is 5.22. The summed E-state index contributed by atoms with van der Waals surface area (Å²) in [7, 11) is -3.51. The van der Waals surface area contributed by atoms with Gasteiger partial charge in [0.05, 0.1) is 4.90 Å². The van der Waals surface area contributed by atoms with Crippen LogP contribution in [0.15, 0.2) is 70.8 Å². The van der Waals surface area contributed by atoms with Crippen molar-refractivity contribution in [2.45, 2.75) is 37.5 Å². The van der Waals surface area contributed by atoms with Gasteiger partial charge in [0.2, 0.25) is 5.91 Å². The molecule has 0 radical (unpaired) electrons. The normalized spacial score (nSPS) is 14.9. The fourth-order valence-corrected chi connectivity index (χ4v) is 4.76. The van der Waals surface area contributed by atoms with Crippen molar-refractivity contribution >= 4 is 27.5 Å². The molecule has 10 heteroatoms. The van der Waals surface area contributed by atoms with Crippen molar-refractivity contribution < 1.29 is 17.9 Å². The van der Waals surface area contributed by atoms with Crippen molar-refractivity contribution in [3.63, 3.8) is 0 Å². The summed E-state index contributed by atoms with van der Waals surface area (Å²) < 4.78 is 32.3. The molecule has 3 aromatic rings. The Kier molecular flexibility index (Phi) is 7.17. The Labute approximate surface area is 198 Å². The van der Waals surface area contributed by atoms with Gasteiger partial charge in [0.1, 0.15) is 11.6 Å². The van der Waals surface area contributed by atoms with Crippen molar-refractivity contribution in [1.82, 2.24) is 14.7 Å². The van der Waals surface area contributed by atoms with E-state index < -0.39 is 10.0 Å². The maximum atomic E-state index is 12.3. The van der Waals surface area contributed by atoms with Crippen LogP contribution in [0.2, 0.25) is 0 Å². The monoisotopic (exact) mass is 479 g/mol. The van der Waals surface area contributed by atoms with Gasteiger partial charge in [-0.15, -0.1) is 0 Å². The van der Waals surface area contributed by atoms with Crippen LogP contribution in [0.4, 0.5) is 5.69 Å². The van der Waals surface area contributed by atoms with Crippen molar-refractivity contribution in [2.24, 2.45) is 4.99 Å². The Morgan fingerprint density at radius 3 is 2.65 bits per heavy atom. The number of carbonyl (C=O) groups excluding carboxylic acids is 1. The molecule has 176 valence electrons. The maximum absolute atomic E-state index is 12.3. The molecule has 0 saturated heterocycles. The van der Waals surface area contributed by atoms with E-state index in [0.717, 1.165) is 24.1 Å². The number of benzene rings is 2. The predicted octanol–water partition coefficient (Wildman–Crippen LogP) is 3.81. The Hall–Kier alpha value is -3.79. The second-order valence-corrected chi connectivity index (χ2v) is 9.45. The van der Waals surface area contributed by atoms with Crippen molar-refractivity contribution in [3.8, 4) is 11.8 Å². The van der Waals surface area contributed by atoms with Gasteiger partial charge in [0, 0.05) is 36.6 Å². The van der Waals surface area contributed by atoms with Crippen LogP contribution in [0.3, 0.4) is 0 Å². The number of amidine groups is 1. The van der Waals surface area contributed by atoms with Gasteiger partial charge >= 0.3 is 6.01 Å². The lowest BCUT2D eigenvalue weighted by atomic mass is 10.1. The number of nitrogens with zero attached hydrogens (tertiary/aromatic N) is 3. The summed E-state index contributed by atoms with van der Waals surface area (Å²) in [5, 5.41) is 2.93. The molecule has 0 bridgehead atoms. The molecule has 0 aliphatic carbocycles. The van der Waals surface area contributed by atoms with Gasteiger partial charge in [-0.1, -0.05) is 18.6 Å². The van der Waals surface area contributed by atoms with Crippen molar-refractivity contribution in [2.75, 3.05) is 11.9 Å². The molecule has 2 aromatic carbocycles.